The summed E-state index contributed by atoms with van der Waals surface area (Å²) in [7, 11) is 0. The molecule has 1 N–H and O–H groups in total. The maximum atomic E-state index is 11.4. The zero-order valence-electron chi connectivity index (χ0n) is 8.64. The number of carbonyl (C=O) groups excluding carboxylic acids is 3. The van der Waals surface area contributed by atoms with E-state index >= 15 is 0 Å². The Kier molecular flexibility index (Phi) is 3.14. The molecule has 2 rings (SSSR count). The molecule has 1 heterocycles. The lowest BCUT2D eigenvalue weighted by Gasteiger charge is -2.11. The van der Waals surface area contributed by atoms with Crippen LogP contribution in [-0.2, 0) is 9.59 Å². The molecule has 0 bridgehead atoms. The summed E-state index contributed by atoms with van der Waals surface area (Å²) in [4.78, 5) is 33.6. The summed E-state index contributed by atoms with van der Waals surface area (Å²) in [6.07, 6.45) is 0.0743. The van der Waals surface area contributed by atoms with Crippen LogP contribution in [0.3, 0.4) is 0 Å². The quantitative estimate of drug-likeness (QED) is 0.735. The Hall–Kier alpha value is -1.82. The minimum atomic E-state index is -1.29. The highest BCUT2D eigenvalue weighted by molar-refractivity contribution is 8.00. The maximum absolute atomic E-state index is 11.4. The minimum absolute atomic E-state index is 0.0321. The number of aromatic carboxylic acids is 1. The second-order valence-corrected chi connectivity index (χ2v) is 4.75. The maximum Gasteiger partial charge on any atom is 0.240 e. The number of carbonyl (C=O) groups is 3. The molecule has 0 aliphatic carbocycles. The van der Waals surface area contributed by atoms with Crippen LogP contribution in [0.1, 0.15) is 16.8 Å². The lowest BCUT2D eigenvalue weighted by atomic mass is 10.2. The number of nitrogens with one attached hydrogen (secondary N) is 1. The monoisotopic (exact) mass is 250 g/mol. The Balaban J connectivity index is 2.22. The largest absolute Gasteiger partial charge is 0.545 e. The second kappa shape index (κ2) is 4.58. The van der Waals surface area contributed by atoms with Gasteiger partial charge in [-0.25, -0.2) is 0 Å². The van der Waals surface area contributed by atoms with Crippen LogP contribution in [0.15, 0.2) is 29.2 Å². The lowest BCUT2D eigenvalue weighted by Crippen LogP contribution is -2.24. The Morgan fingerprint density at radius 2 is 2.06 bits per heavy atom. The van der Waals surface area contributed by atoms with Gasteiger partial charge in [-0.15, -0.1) is 11.8 Å². The highest BCUT2D eigenvalue weighted by Crippen LogP contribution is 2.30. The van der Waals surface area contributed by atoms with Crippen molar-refractivity contribution in [3.8, 4) is 0 Å². The lowest BCUT2D eigenvalue weighted by molar-refractivity contribution is -0.255. The average molecular weight is 250 g/mol. The van der Waals surface area contributed by atoms with Crippen LogP contribution in [0.4, 0.5) is 0 Å². The summed E-state index contributed by atoms with van der Waals surface area (Å²) in [5, 5.41) is 12.5. The van der Waals surface area contributed by atoms with E-state index in [9.17, 15) is 19.5 Å². The fourth-order valence-electron chi connectivity index (χ4n) is 1.52. The molecule has 17 heavy (non-hydrogen) atoms. The Bertz CT molecular complexity index is 500. The van der Waals surface area contributed by atoms with Gasteiger partial charge in [-0.3, -0.25) is 14.9 Å². The topological polar surface area (TPSA) is 86.3 Å². The molecule has 0 spiro atoms. The summed E-state index contributed by atoms with van der Waals surface area (Å²) in [5.41, 5.74) is 0.0321. The summed E-state index contributed by atoms with van der Waals surface area (Å²) < 4.78 is 0. The SMILES string of the molecule is O=C1C[C@@H](Sc2ccccc2C(=O)[O-])C(=O)N1. The van der Waals surface area contributed by atoms with Crippen LogP contribution in [0.2, 0.25) is 0 Å². The van der Waals surface area contributed by atoms with Gasteiger partial charge in [-0.05, 0) is 6.07 Å². The van der Waals surface area contributed by atoms with E-state index in [0.717, 1.165) is 11.8 Å². The van der Waals surface area contributed by atoms with Gasteiger partial charge in [0, 0.05) is 16.9 Å². The number of hydrogen-bond donors (Lipinski definition) is 1. The van der Waals surface area contributed by atoms with Gasteiger partial charge in [-0.1, -0.05) is 18.2 Å². The van der Waals surface area contributed by atoms with Gasteiger partial charge in [0.2, 0.25) is 11.8 Å². The van der Waals surface area contributed by atoms with Crippen LogP contribution >= 0.6 is 11.8 Å². The molecular weight excluding hydrogens is 242 g/mol. The Morgan fingerprint density at radius 1 is 1.35 bits per heavy atom. The van der Waals surface area contributed by atoms with E-state index < -0.39 is 11.2 Å². The molecule has 0 radical (unpaired) electrons. The molecule has 2 amide bonds. The zero-order valence-corrected chi connectivity index (χ0v) is 9.45. The first kappa shape index (κ1) is 11.7. The third-order valence-corrected chi connectivity index (χ3v) is 3.58. The summed E-state index contributed by atoms with van der Waals surface area (Å²) in [5.74, 6) is -2.01. The molecule has 1 aromatic carbocycles. The smallest absolute Gasteiger partial charge is 0.240 e. The highest BCUT2D eigenvalue weighted by Gasteiger charge is 2.31. The molecule has 1 aromatic rings. The molecule has 1 aliphatic heterocycles. The van der Waals surface area contributed by atoms with Crippen LogP contribution in [-0.4, -0.2) is 23.0 Å². The molecule has 1 saturated heterocycles. The number of amides is 2. The predicted molar refractivity (Wildman–Crippen MR) is 58.2 cm³/mol. The van der Waals surface area contributed by atoms with Gasteiger partial charge in [-0.2, -0.15) is 0 Å². The van der Waals surface area contributed by atoms with E-state index in [1.165, 1.54) is 6.07 Å². The van der Waals surface area contributed by atoms with E-state index in [1.54, 1.807) is 18.2 Å². The fraction of sp³-hybridized carbons (Fsp3) is 0.182. The summed E-state index contributed by atoms with van der Waals surface area (Å²) in [6, 6.07) is 6.25. The van der Waals surface area contributed by atoms with Gasteiger partial charge < -0.3 is 9.90 Å². The summed E-state index contributed by atoms with van der Waals surface area (Å²) >= 11 is 1.06. The van der Waals surface area contributed by atoms with E-state index in [0.29, 0.717) is 4.90 Å². The van der Waals surface area contributed by atoms with Crippen molar-refractivity contribution >= 4 is 29.5 Å². The molecule has 5 nitrogen and oxygen atoms in total. The van der Waals surface area contributed by atoms with Crippen LogP contribution in [0.25, 0.3) is 0 Å². The number of hydrogen-bond acceptors (Lipinski definition) is 5. The number of rotatable bonds is 3. The molecule has 1 fully saturated rings. The van der Waals surface area contributed by atoms with Crippen LogP contribution in [0, 0.1) is 0 Å². The molecule has 1 aliphatic rings. The van der Waals surface area contributed by atoms with Crippen molar-refractivity contribution in [1.82, 2.24) is 5.32 Å². The van der Waals surface area contributed by atoms with Crippen molar-refractivity contribution in [2.24, 2.45) is 0 Å². The number of imide groups is 1. The highest BCUT2D eigenvalue weighted by atomic mass is 32.2. The van der Waals surface area contributed by atoms with Crippen molar-refractivity contribution in [1.29, 1.82) is 0 Å². The molecule has 1 atom stereocenters. The second-order valence-electron chi connectivity index (χ2n) is 3.51. The molecule has 0 aromatic heterocycles. The Morgan fingerprint density at radius 3 is 2.65 bits per heavy atom. The number of carboxylic acid groups (broad SMARTS) is 1. The molecule has 6 heteroatoms. The van der Waals surface area contributed by atoms with E-state index in [1.807, 2.05) is 0 Å². The zero-order chi connectivity index (χ0) is 12.4. The van der Waals surface area contributed by atoms with E-state index in [2.05, 4.69) is 5.32 Å². The normalized spacial score (nSPS) is 19.2. The first-order valence-electron chi connectivity index (χ1n) is 4.88. The fourth-order valence-corrected chi connectivity index (χ4v) is 2.66. The third-order valence-electron chi connectivity index (χ3n) is 2.30. The number of benzene rings is 1. The minimum Gasteiger partial charge on any atom is -0.545 e. The molecule has 0 saturated carbocycles. The predicted octanol–water partition coefficient (Wildman–Crippen LogP) is -0.443. The standard InChI is InChI=1S/C11H9NO4S/c13-9-5-8(10(14)12-9)17-7-4-2-1-3-6(7)11(15)16/h1-4,8H,5H2,(H,15,16)(H,12,13,14)/p-1/t8-/m1/s1. The van der Waals surface area contributed by atoms with E-state index in [4.69, 9.17) is 0 Å². The first-order valence-corrected chi connectivity index (χ1v) is 5.76. The van der Waals surface area contributed by atoms with E-state index in [-0.39, 0.29) is 23.8 Å². The van der Waals surface area contributed by atoms with Gasteiger partial charge in [0.05, 0.1) is 11.2 Å². The molecular formula is C11H8NO4S-. The number of carboxylic acids is 1. The van der Waals surface area contributed by atoms with Crippen molar-refractivity contribution < 1.29 is 19.5 Å². The van der Waals surface area contributed by atoms with Gasteiger partial charge in [0.1, 0.15) is 0 Å². The van der Waals surface area contributed by atoms with Crippen molar-refractivity contribution in [3.05, 3.63) is 29.8 Å². The summed E-state index contributed by atoms with van der Waals surface area (Å²) in [6.45, 7) is 0. The average Bonchev–Trinajstić information content (AvgIpc) is 2.58. The van der Waals surface area contributed by atoms with Crippen molar-refractivity contribution in [2.75, 3.05) is 0 Å². The van der Waals surface area contributed by atoms with Crippen LogP contribution in [0.5, 0.6) is 0 Å². The van der Waals surface area contributed by atoms with Gasteiger partial charge in [0.25, 0.3) is 0 Å². The first-order chi connectivity index (χ1) is 8.08. The van der Waals surface area contributed by atoms with Crippen LogP contribution < -0.4 is 10.4 Å². The van der Waals surface area contributed by atoms with Crippen molar-refractivity contribution in [3.63, 3.8) is 0 Å². The molecule has 88 valence electrons. The van der Waals surface area contributed by atoms with Crippen molar-refractivity contribution in [2.45, 2.75) is 16.6 Å². The molecule has 0 unspecified atom stereocenters. The Labute approximate surface area is 101 Å². The van der Waals surface area contributed by atoms with Gasteiger partial charge >= 0.3 is 0 Å². The third kappa shape index (κ3) is 2.47. The number of thioether (sulfide) groups is 1. The van der Waals surface area contributed by atoms with Gasteiger partial charge in [0.15, 0.2) is 0 Å².